The number of aromatic nitrogens is 1. The lowest BCUT2D eigenvalue weighted by atomic mass is 9.84. The zero-order valence-electron chi connectivity index (χ0n) is 25.7. The fraction of sp³-hybridized carbons (Fsp3) is 0.351. The van der Waals surface area contributed by atoms with Crippen LogP contribution in [0.2, 0.25) is 0 Å². The maximum absolute atomic E-state index is 14.3. The minimum Gasteiger partial charge on any atom is -0.478 e. The van der Waals surface area contributed by atoms with Crippen molar-refractivity contribution in [2.24, 2.45) is 5.92 Å². The van der Waals surface area contributed by atoms with Crippen LogP contribution in [0, 0.1) is 5.92 Å². The van der Waals surface area contributed by atoms with Gasteiger partial charge in [0.05, 0.1) is 22.3 Å². The summed E-state index contributed by atoms with van der Waals surface area (Å²) >= 11 is 0. The maximum Gasteiger partial charge on any atom is 0.335 e. The average molecular weight is 605 g/mol. The molecule has 1 aliphatic carbocycles. The van der Waals surface area contributed by atoms with Crippen molar-refractivity contribution < 1.29 is 19.5 Å². The van der Waals surface area contributed by atoms with Crippen molar-refractivity contribution in [3.05, 3.63) is 101 Å². The summed E-state index contributed by atoms with van der Waals surface area (Å²) in [6, 6.07) is 24.1. The number of piperazine rings is 1. The zero-order chi connectivity index (χ0) is 31.3. The number of para-hydroxylation sites is 1. The molecule has 3 aromatic carbocycles. The van der Waals surface area contributed by atoms with Crippen LogP contribution in [0.4, 0.5) is 0 Å². The second-order valence-corrected chi connectivity index (χ2v) is 12.3. The Balaban J connectivity index is 1.29. The Kier molecular flexibility index (Phi) is 9.21. The number of carboxylic acids is 1. The molecular formula is C37H40N4O4. The fourth-order valence-electron chi connectivity index (χ4n) is 6.80. The topological polar surface area (TPSA) is 103 Å². The van der Waals surface area contributed by atoms with Crippen molar-refractivity contribution in [1.82, 2.24) is 20.1 Å². The molecule has 6 rings (SSSR count). The van der Waals surface area contributed by atoms with E-state index in [4.69, 9.17) is 4.98 Å². The average Bonchev–Trinajstić information content (AvgIpc) is 3.08. The molecule has 232 valence electrons. The predicted octanol–water partition coefficient (Wildman–Crippen LogP) is 6.26. The highest BCUT2D eigenvalue weighted by atomic mass is 16.4. The minimum atomic E-state index is -1.02. The van der Waals surface area contributed by atoms with E-state index in [1.165, 1.54) is 31.4 Å². The first-order valence-electron chi connectivity index (χ1n) is 16.0. The van der Waals surface area contributed by atoms with Gasteiger partial charge in [0.15, 0.2) is 0 Å². The molecule has 1 aliphatic heterocycles. The van der Waals surface area contributed by atoms with Gasteiger partial charge in [0.25, 0.3) is 11.8 Å². The summed E-state index contributed by atoms with van der Waals surface area (Å²) in [4.78, 5) is 47.9. The number of rotatable bonds is 8. The summed E-state index contributed by atoms with van der Waals surface area (Å²) in [5.74, 6) is -0.700. The number of carboxylic acid groups (broad SMARTS) is 1. The van der Waals surface area contributed by atoms with Crippen molar-refractivity contribution in [3.8, 4) is 11.3 Å². The van der Waals surface area contributed by atoms with E-state index in [1.807, 2.05) is 59.5 Å². The SMILES string of the molecule is C[C@H](NC(=O)c1c(CN2CCN(C(=O)c3ccc(C(=O)O)cc3)CC2)c(-c2ccccc2)nc2ccccc12)C1CCCCC1. The van der Waals surface area contributed by atoms with Crippen LogP contribution in [0.15, 0.2) is 78.9 Å². The summed E-state index contributed by atoms with van der Waals surface area (Å²) in [6.45, 7) is 5.00. The summed E-state index contributed by atoms with van der Waals surface area (Å²) < 4.78 is 0. The molecule has 4 aromatic rings. The van der Waals surface area contributed by atoms with Crippen molar-refractivity contribution >= 4 is 28.7 Å². The molecule has 1 saturated heterocycles. The number of benzene rings is 3. The number of fused-ring (bicyclic) bond motifs is 1. The lowest BCUT2D eigenvalue weighted by Gasteiger charge is -2.35. The Hall–Kier alpha value is -4.56. The van der Waals surface area contributed by atoms with E-state index in [-0.39, 0.29) is 23.4 Å². The highest BCUT2D eigenvalue weighted by Gasteiger charge is 2.29. The first-order chi connectivity index (χ1) is 21.9. The highest BCUT2D eigenvalue weighted by molar-refractivity contribution is 6.09. The molecule has 1 saturated carbocycles. The molecule has 2 fully saturated rings. The lowest BCUT2D eigenvalue weighted by molar-refractivity contribution is 0.0626. The predicted molar refractivity (Wildman–Crippen MR) is 175 cm³/mol. The summed E-state index contributed by atoms with van der Waals surface area (Å²) in [6.07, 6.45) is 6.00. The van der Waals surface area contributed by atoms with Crippen LogP contribution in [0.3, 0.4) is 0 Å². The van der Waals surface area contributed by atoms with E-state index in [2.05, 4.69) is 17.1 Å². The molecule has 2 heterocycles. The van der Waals surface area contributed by atoms with Crippen LogP contribution >= 0.6 is 0 Å². The van der Waals surface area contributed by atoms with Gasteiger partial charge in [-0.2, -0.15) is 0 Å². The van der Waals surface area contributed by atoms with Gasteiger partial charge in [-0.25, -0.2) is 9.78 Å². The Labute approximate surface area is 264 Å². The molecule has 8 heteroatoms. The van der Waals surface area contributed by atoms with Gasteiger partial charge in [-0.3, -0.25) is 14.5 Å². The van der Waals surface area contributed by atoms with Crippen LogP contribution in [0.5, 0.6) is 0 Å². The fourth-order valence-corrected chi connectivity index (χ4v) is 6.80. The number of hydrogen-bond donors (Lipinski definition) is 2. The standard InChI is InChI=1S/C37H40N4O4/c1-25(26-10-4-2-5-11-26)38-35(42)33-30-14-8-9-15-32(30)39-34(27-12-6-3-7-13-27)31(33)24-40-20-22-41(23-21-40)36(43)28-16-18-29(19-17-28)37(44)45/h3,6-9,12-19,25-26H,2,4-5,10-11,20-24H2,1H3,(H,38,42)(H,44,45)/t25-/m0/s1. The van der Waals surface area contributed by atoms with Gasteiger partial charge in [0, 0.05) is 60.8 Å². The first-order valence-corrected chi connectivity index (χ1v) is 16.0. The number of hydrogen-bond acceptors (Lipinski definition) is 5. The van der Waals surface area contributed by atoms with Gasteiger partial charge >= 0.3 is 5.97 Å². The highest BCUT2D eigenvalue weighted by Crippen LogP contribution is 2.33. The number of amides is 2. The number of aromatic carboxylic acids is 1. The molecular weight excluding hydrogens is 564 g/mol. The molecule has 0 bridgehead atoms. The van der Waals surface area contributed by atoms with Crippen LogP contribution in [-0.4, -0.2) is 69.9 Å². The molecule has 45 heavy (non-hydrogen) atoms. The molecule has 1 atom stereocenters. The van der Waals surface area contributed by atoms with Crippen molar-refractivity contribution in [2.45, 2.75) is 51.6 Å². The third kappa shape index (κ3) is 6.76. The molecule has 2 aliphatic rings. The van der Waals surface area contributed by atoms with Crippen molar-refractivity contribution in [2.75, 3.05) is 26.2 Å². The summed E-state index contributed by atoms with van der Waals surface area (Å²) in [5.41, 5.74) is 4.77. The quantitative estimate of drug-likeness (QED) is 0.246. The number of nitrogens with one attached hydrogen (secondary N) is 1. The minimum absolute atomic E-state index is 0.0579. The second kappa shape index (κ2) is 13.6. The Morgan fingerprint density at radius 2 is 1.49 bits per heavy atom. The van der Waals surface area contributed by atoms with Gasteiger partial charge < -0.3 is 15.3 Å². The smallest absolute Gasteiger partial charge is 0.335 e. The van der Waals surface area contributed by atoms with Crippen LogP contribution < -0.4 is 5.32 Å². The van der Waals surface area contributed by atoms with Crippen molar-refractivity contribution in [1.29, 1.82) is 0 Å². The van der Waals surface area contributed by atoms with E-state index in [0.717, 1.165) is 40.6 Å². The monoisotopic (exact) mass is 604 g/mol. The van der Waals surface area contributed by atoms with Gasteiger partial charge in [-0.05, 0) is 56.0 Å². The summed E-state index contributed by atoms with van der Waals surface area (Å²) in [7, 11) is 0. The first kappa shape index (κ1) is 30.5. The van der Waals surface area contributed by atoms with Gasteiger partial charge in [0.1, 0.15) is 0 Å². The maximum atomic E-state index is 14.3. The molecule has 8 nitrogen and oxygen atoms in total. The van der Waals surface area contributed by atoms with E-state index in [0.29, 0.717) is 49.8 Å². The van der Waals surface area contributed by atoms with E-state index in [9.17, 15) is 19.5 Å². The molecule has 2 amide bonds. The Bertz CT molecular complexity index is 1670. The zero-order valence-corrected chi connectivity index (χ0v) is 25.7. The molecule has 0 radical (unpaired) electrons. The molecule has 2 N–H and O–H groups in total. The number of carbonyl (C=O) groups excluding carboxylic acids is 2. The second-order valence-electron chi connectivity index (χ2n) is 12.3. The third-order valence-electron chi connectivity index (χ3n) is 9.40. The van der Waals surface area contributed by atoms with Crippen LogP contribution in [0.1, 0.15) is 75.7 Å². The van der Waals surface area contributed by atoms with E-state index in [1.54, 1.807) is 12.1 Å². The van der Waals surface area contributed by atoms with Gasteiger partial charge in [0.2, 0.25) is 0 Å². The van der Waals surface area contributed by atoms with Crippen molar-refractivity contribution in [3.63, 3.8) is 0 Å². The molecule has 0 unspecified atom stereocenters. The Morgan fingerprint density at radius 3 is 2.18 bits per heavy atom. The lowest BCUT2D eigenvalue weighted by Crippen LogP contribution is -2.48. The normalized spacial score (nSPS) is 16.8. The van der Waals surface area contributed by atoms with E-state index >= 15 is 0 Å². The van der Waals surface area contributed by atoms with Crippen LogP contribution in [0.25, 0.3) is 22.2 Å². The number of pyridine rings is 1. The summed E-state index contributed by atoms with van der Waals surface area (Å²) in [5, 5.41) is 13.4. The van der Waals surface area contributed by atoms with Crippen LogP contribution in [-0.2, 0) is 6.54 Å². The largest absolute Gasteiger partial charge is 0.478 e. The Morgan fingerprint density at radius 1 is 0.844 bits per heavy atom. The van der Waals surface area contributed by atoms with Gasteiger partial charge in [-0.1, -0.05) is 67.8 Å². The number of nitrogens with zero attached hydrogens (tertiary/aromatic N) is 3. The number of carbonyl (C=O) groups is 3. The third-order valence-corrected chi connectivity index (χ3v) is 9.40. The molecule has 1 aromatic heterocycles. The van der Waals surface area contributed by atoms with Gasteiger partial charge in [-0.15, -0.1) is 0 Å². The van der Waals surface area contributed by atoms with E-state index < -0.39 is 5.97 Å². The molecule has 0 spiro atoms.